The van der Waals surface area contributed by atoms with Crippen molar-refractivity contribution in [3.05, 3.63) is 70.6 Å². The highest BCUT2D eigenvalue weighted by Crippen LogP contribution is 2.24. The molecule has 0 unspecified atom stereocenters. The number of amides is 3. The third-order valence-electron chi connectivity index (χ3n) is 4.98. The summed E-state index contributed by atoms with van der Waals surface area (Å²) >= 11 is 5.90. The Bertz CT molecular complexity index is 1120. The van der Waals surface area contributed by atoms with Crippen molar-refractivity contribution in [2.45, 2.75) is 26.4 Å². The molecule has 2 aromatic carbocycles. The molecule has 0 radical (unpaired) electrons. The van der Waals surface area contributed by atoms with Crippen LogP contribution in [-0.4, -0.2) is 50.3 Å². The van der Waals surface area contributed by atoms with Crippen LogP contribution in [0.15, 0.2) is 52.9 Å². The zero-order chi connectivity index (χ0) is 22.1. The van der Waals surface area contributed by atoms with Crippen molar-refractivity contribution in [1.29, 1.82) is 0 Å². The molecule has 3 amide bonds. The van der Waals surface area contributed by atoms with Gasteiger partial charge in [0, 0.05) is 16.6 Å². The summed E-state index contributed by atoms with van der Waals surface area (Å²) in [5.74, 6) is -0.783. The largest absolute Gasteiger partial charge is 0.419 e. The zero-order valence-electron chi connectivity index (χ0n) is 16.9. The van der Waals surface area contributed by atoms with Crippen LogP contribution in [0, 0.1) is 0 Å². The predicted octanol–water partition coefficient (Wildman–Crippen LogP) is 3.42. The van der Waals surface area contributed by atoms with Crippen LogP contribution in [-0.2, 0) is 11.3 Å². The quantitative estimate of drug-likeness (QED) is 0.547. The van der Waals surface area contributed by atoms with E-state index in [4.69, 9.17) is 16.0 Å². The Kier molecular flexibility index (Phi) is 5.56. The molecule has 1 aliphatic rings. The van der Waals surface area contributed by atoms with Crippen LogP contribution in [0.25, 0.3) is 11.5 Å². The maximum atomic E-state index is 13.0. The molecule has 4 rings (SSSR count). The number of aromatic nitrogens is 2. The first kappa shape index (κ1) is 20.7. The van der Waals surface area contributed by atoms with E-state index in [1.54, 1.807) is 48.5 Å². The number of halogens is 1. The van der Waals surface area contributed by atoms with Gasteiger partial charge in [-0.05, 0) is 50.2 Å². The number of nitrogens with zero attached hydrogens (tertiary/aromatic N) is 4. The predicted molar refractivity (Wildman–Crippen MR) is 112 cm³/mol. The van der Waals surface area contributed by atoms with E-state index in [9.17, 15) is 14.4 Å². The SMILES string of the molecule is CC(C)N(Cc1nnc(-c2ccc(Cl)cc2)o1)C(=O)CN1C(=O)c2ccccc2C1=O. The lowest BCUT2D eigenvalue weighted by molar-refractivity contribution is -0.134. The second-order valence-electron chi connectivity index (χ2n) is 7.37. The highest BCUT2D eigenvalue weighted by atomic mass is 35.5. The van der Waals surface area contributed by atoms with Gasteiger partial charge in [-0.15, -0.1) is 10.2 Å². The lowest BCUT2D eigenvalue weighted by Crippen LogP contribution is -2.45. The molecule has 0 fully saturated rings. The van der Waals surface area contributed by atoms with Gasteiger partial charge in [-0.25, -0.2) is 0 Å². The zero-order valence-corrected chi connectivity index (χ0v) is 17.7. The number of hydrogen-bond donors (Lipinski definition) is 0. The van der Waals surface area contributed by atoms with E-state index in [0.717, 1.165) is 4.90 Å². The number of carbonyl (C=O) groups is 3. The number of carbonyl (C=O) groups excluding carboxylic acids is 3. The highest BCUT2D eigenvalue weighted by molar-refractivity contribution is 6.30. The average Bonchev–Trinajstić information content (AvgIpc) is 3.32. The van der Waals surface area contributed by atoms with Gasteiger partial charge < -0.3 is 9.32 Å². The summed E-state index contributed by atoms with van der Waals surface area (Å²) in [6.07, 6.45) is 0. The number of imide groups is 1. The Labute approximate surface area is 183 Å². The van der Waals surface area contributed by atoms with Gasteiger partial charge in [-0.1, -0.05) is 23.7 Å². The average molecular weight is 439 g/mol. The van der Waals surface area contributed by atoms with Gasteiger partial charge >= 0.3 is 0 Å². The van der Waals surface area contributed by atoms with E-state index >= 15 is 0 Å². The molecule has 2 heterocycles. The minimum absolute atomic E-state index is 0.0558. The first-order valence-electron chi connectivity index (χ1n) is 9.68. The number of rotatable bonds is 6. The van der Waals surface area contributed by atoms with Crippen LogP contribution in [0.4, 0.5) is 0 Å². The molecular formula is C22H19ClN4O4. The number of fused-ring (bicyclic) bond motifs is 1. The van der Waals surface area contributed by atoms with Gasteiger partial charge in [0.05, 0.1) is 17.7 Å². The summed E-state index contributed by atoms with van der Waals surface area (Å²) in [4.78, 5) is 40.6. The van der Waals surface area contributed by atoms with Gasteiger partial charge in [-0.2, -0.15) is 0 Å². The van der Waals surface area contributed by atoms with Crippen molar-refractivity contribution in [3.63, 3.8) is 0 Å². The maximum Gasteiger partial charge on any atom is 0.262 e. The Balaban J connectivity index is 1.48. The Morgan fingerprint density at radius 1 is 1.03 bits per heavy atom. The van der Waals surface area contributed by atoms with Gasteiger partial charge in [0.1, 0.15) is 6.54 Å². The Morgan fingerprint density at radius 3 is 2.23 bits per heavy atom. The highest BCUT2D eigenvalue weighted by Gasteiger charge is 2.37. The molecule has 31 heavy (non-hydrogen) atoms. The maximum absolute atomic E-state index is 13.0. The summed E-state index contributed by atoms with van der Waals surface area (Å²) in [7, 11) is 0. The molecule has 0 spiro atoms. The monoisotopic (exact) mass is 438 g/mol. The molecule has 0 N–H and O–H groups in total. The summed E-state index contributed by atoms with van der Waals surface area (Å²) in [6.45, 7) is 3.36. The van der Waals surface area contributed by atoms with E-state index in [1.165, 1.54) is 4.90 Å². The molecular weight excluding hydrogens is 420 g/mol. The minimum atomic E-state index is -0.472. The van der Waals surface area contributed by atoms with E-state index in [-0.39, 0.29) is 25.0 Å². The minimum Gasteiger partial charge on any atom is -0.419 e. The van der Waals surface area contributed by atoms with E-state index < -0.39 is 17.7 Å². The van der Waals surface area contributed by atoms with E-state index in [1.807, 2.05) is 13.8 Å². The van der Waals surface area contributed by atoms with Crippen molar-refractivity contribution in [1.82, 2.24) is 20.0 Å². The van der Waals surface area contributed by atoms with Crippen LogP contribution >= 0.6 is 11.6 Å². The molecule has 158 valence electrons. The fraction of sp³-hybridized carbons (Fsp3) is 0.227. The van der Waals surface area contributed by atoms with Crippen LogP contribution in [0.3, 0.4) is 0 Å². The molecule has 3 aromatic rings. The second-order valence-corrected chi connectivity index (χ2v) is 7.80. The van der Waals surface area contributed by atoms with Crippen LogP contribution in [0.2, 0.25) is 5.02 Å². The molecule has 0 saturated heterocycles. The van der Waals surface area contributed by atoms with Gasteiger partial charge in [0.25, 0.3) is 11.8 Å². The fourth-order valence-electron chi connectivity index (χ4n) is 3.34. The van der Waals surface area contributed by atoms with Crippen LogP contribution < -0.4 is 0 Å². The third kappa shape index (κ3) is 4.06. The topological polar surface area (TPSA) is 96.6 Å². The van der Waals surface area contributed by atoms with Gasteiger partial charge in [0.15, 0.2) is 0 Å². The third-order valence-corrected chi connectivity index (χ3v) is 5.23. The molecule has 9 heteroatoms. The van der Waals surface area contributed by atoms with Crippen molar-refractivity contribution < 1.29 is 18.8 Å². The van der Waals surface area contributed by atoms with Gasteiger partial charge in [-0.3, -0.25) is 19.3 Å². The summed E-state index contributed by atoms with van der Waals surface area (Å²) in [5, 5.41) is 8.64. The molecule has 1 aromatic heterocycles. The fourth-order valence-corrected chi connectivity index (χ4v) is 3.47. The molecule has 0 atom stereocenters. The molecule has 0 bridgehead atoms. The standard InChI is InChI=1S/C22H19ClN4O4/c1-13(2)26(11-18-24-25-20(31-18)14-7-9-15(23)10-8-14)19(28)12-27-21(29)16-5-3-4-6-17(16)22(27)30/h3-10,13H,11-12H2,1-2H3. The first-order chi connectivity index (χ1) is 14.8. The summed E-state index contributed by atoms with van der Waals surface area (Å²) in [6, 6.07) is 13.3. The second kappa shape index (κ2) is 8.31. The van der Waals surface area contributed by atoms with E-state index in [0.29, 0.717) is 27.6 Å². The molecule has 0 aliphatic carbocycles. The molecule has 8 nitrogen and oxygen atoms in total. The lowest BCUT2D eigenvalue weighted by atomic mass is 10.1. The van der Waals surface area contributed by atoms with Crippen LogP contribution in [0.1, 0.15) is 40.5 Å². The van der Waals surface area contributed by atoms with E-state index in [2.05, 4.69) is 10.2 Å². The van der Waals surface area contributed by atoms with Gasteiger partial charge in [0.2, 0.25) is 17.7 Å². The lowest BCUT2D eigenvalue weighted by Gasteiger charge is -2.27. The van der Waals surface area contributed by atoms with Crippen molar-refractivity contribution in [2.24, 2.45) is 0 Å². The summed E-state index contributed by atoms with van der Waals surface area (Å²) < 4.78 is 5.70. The Morgan fingerprint density at radius 2 is 1.65 bits per heavy atom. The normalized spacial score (nSPS) is 13.1. The Hall–Kier alpha value is -3.52. The number of benzene rings is 2. The molecule has 1 aliphatic heterocycles. The summed E-state index contributed by atoms with van der Waals surface area (Å²) in [5.41, 5.74) is 1.32. The van der Waals surface area contributed by atoms with Crippen molar-refractivity contribution in [3.8, 4) is 11.5 Å². The molecule has 0 saturated carbocycles. The first-order valence-corrected chi connectivity index (χ1v) is 10.1. The number of hydrogen-bond acceptors (Lipinski definition) is 6. The van der Waals surface area contributed by atoms with Crippen LogP contribution in [0.5, 0.6) is 0 Å². The van der Waals surface area contributed by atoms with Crippen molar-refractivity contribution >= 4 is 29.3 Å². The van der Waals surface area contributed by atoms with Crippen molar-refractivity contribution in [2.75, 3.05) is 6.54 Å². The smallest absolute Gasteiger partial charge is 0.262 e.